The molecule has 0 bridgehead atoms. The average molecular weight is 231 g/mol. The highest BCUT2D eigenvalue weighted by Gasteiger charge is 2.10. The predicted octanol–water partition coefficient (Wildman–Crippen LogP) is 2.22. The van der Waals surface area contributed by atoms with Crippen LogP contribution in [0, 0.1) is 0 Å². The van der Waals surface area contributed by atoms with Crippen molar-refractivity contribution in [3.63, 3.8) is 0 Å². The van der Waals surface area contributed by atoms with Gasteiger partial charge >= 0.3 is 5.97 Å². The van der Waals surface area contributed by atoms with Crippen molar-refractivity contribution in [2.45, 2.75) is 19.9 Å². The van der Waals surface area contributed by atoms with Crippen LogP contribution in [0.4, 0.5) is 0 Å². The Morgan fingerprint density at radius 3 is 2.47 bits per heavy atom. The maximum absolute atomic E-state index is 10.7. The summed E-state index contributed by atoms with van der Waals surface area (Å²) in [5.74, 6) is -0.182. The molecule has 17 heavy (non-hydrogen) atoms. The number of carboxylic acid groups (broad SMARTS) is 1. The summed E-state index contributed by atoms with van der Waals surface area (Å²) in [5, 5.41) is 16.7. The lowest BCUT2D eigenvalue weighted by molar-refractivity contribution is 0.0697. The van der Waals surface area contributed by atoms with Crippen LogP contribution in [0.1, 0.15) is 30.2 Å². The van der Waals surface area contributed by atoms with E-state index in [1.54, 1.807) is 30.6 Å². The molecule has 5 heteroatoms. The molecule has 0 atom stereocenters. The number of benzene rings is 1. The van der Waals surface area contributed by atoms with Crippen LogP contribution in [0.5, 0.6) is 0 Å². The Bertz CT molecular complexity index is 529. The van der Waals surface area contributed by atoms with Gasteiger partial charge in [0.05, 0.1) is 5.56 Å². The van der Waals surface area contributed by atoms with E-state index in [2.05, 4.69) is 10.2 Å². The van der Waals surface area contributed by atoms with E-state index >= 15 is 0 Å². The van der Waals surface area contributed by atoms with Crippen molar-refractivity contribution < 1.29 is 9.90 Å². The van der Waals surface area contributed by atoms with Gasteiger partial charge in [-0.2, -0.15) is 0 Å². The molecule has 0 unspecified atom stereocenters. The van der Waals surface area contributed by atoms with E-state index in [1.807, 2.05) is 18.4 Å². The molecule has 0 radical (unpaired) electrons. The molecule has 0 fully saturated rings. The van der Waals surface area contributed by atoms with Gasteiger partial charge in [0.1, 0.15) is 6.33 Å². The summed E-state index contributed by atoms with van der Waals surface area (Å²) in [6, 6.07) is 6.88. The molecule has 2 rings (SSSR count). The van der Waals surface area contributed by atoms with Crippen molar-refractivity contribution in [2.75, 3.05) is 0 Å². The number of rotatable bonds is 3. The molecule has 1 heterocycles. The number of hydrogen-bond acceptors (Lipinski definition) is 3. The lowest BCUT2D eigenvalue weighted by atomic mass is 10.1. The fraction of sp³-hybridized carbons (Fsp3) is 0.250. The minimum Gasteiger partial charge on any atom is -0.478 e. The Balaban J connectivity index is 2.40. The molecular formula is C12H13N3O2. The molecule has 0 spiro atoms. The van der Waals surface area contributed by atoms with Gasteiger partial charge in [-0.05, 0) is 26.0 Å². The zero-order valence-corrected chi connectivity index (χ0v) is 9.66. The molecule has 0 amide bonds. The third-order valence-corrected chi connectivity index (χ3v) is 2.52. The molecule has 0 aliphatic carbocycles. The molecular weight excluding hydrogens is 218 g/mol. The van der Waals surface area contributed by atoms with Gasteiger partial charge in [0.25, 0.3) is 0 Å². The molecule has 88 valence electrons. The van der Waals surface area contributed by atoms with Gasteiger partial charge in [-0.25, -0.2) is 4.79 Å². The average Bonchev–Trinajstić information content (AvgIpc) is 2.78. The zero-order valence-electron chi connectivity index (χ0n) is 9.66. The molecule has 1 N–H and O–H groups in total. The number of aromatic carboxylic acids is 1. The first-order valence-corrected chi connectivity index (χ1v) is 5.33. The molecule has 0 aliphatic rings. The largest absolute Gasteiger partial charge is 0.478 e. The van der Waals surface area contributed by atoms with E-state index in [0.717, 1.165) is 11.4 Å². The monoisotopic (exact) mass is 231 g/mol. The highest BCUT2D eigenvalue weighted by Crippen LogP contribution is 2.20. The lowest BCUT2D eigenvalue weighted by Crippen LogP contribution is -2.02. The Kier molecular flexibility index (Phi) is 2.91. The van der Waals surface area contributed by atoms with Crippen molar-refractivity contribution in [1.29, 1.82) is 0 Å². The van der Waals surface area contributed by atoms with Crippen molar-refractivity contribution in [2.24, 2.45) is 0 Å². The van der Waals surface area contributed by atoms with Crippen LogP contribution in [0.3, 0.4) is 0 Å². The van der Waals surface area contributed by atoms with E-state index in [-0.39, 0.29) is 11.6 Å². The Labute approximate surface area is 98.7 Å². The Hall–Kier alpha value is -2.17. The second-order valence-corrected chi connectivity index (χ2v) is 4.04. The highest BCUT2D eigenvalue weighted by molar-refractivity contribution is 5.88. The number of aromatic nitrogens is 3. The Morgan fingerprint density at radius 2 is 1.94 bits per heavy atom. The molecule has 2 aromatic rings. The standard InChI is InChI=1S/C12H13N3O2/c1-8(2)15-7-13-14-11(15)9-3-5-10(6-4-9)12(16)17/h3-8H,1-2H3,(H,16,17). The van der Waals surface area contributed by atoms with Crippen LogP contribution < -0.4 is 0 Å². The minimum absolute atomic E-state index is 0.263. The first kappa shape index (κ1) is 11.3. The second kappa shape index (κ2) is 4.37. The van der Waals surface area contributed by atoms with Crippen LogP contribution in [0.15, 0.2) is 30.6 Å². The number of carbonyl (C=O) groups is 1. The van der Waals surface area contributed by atoms with E-state index in [4.69, 9.17) is 5.11 Å². The predicted molar refractivity (Wildman–Crippen MR) is 62.8 cm³/mol. The summed E-state index contributed by atoms with van der Waals surface area (Å²) in [5.41, 5.74) is 1.13. The smallest absolute Gasteiger partial charge is 0.335 e. The van der Waals surface area contributed by atoms with Gasteiger partial charge in [0.2, 0.25) is 0 Å². The zero-order chi connectivity index (χ0) is 12.4. The van der Waals surface area contributed by atoms with Crippen LogP contribution in [-0.4, -0.2) is 25.8 Å². The molecule has 1 aromatic carbocycles. The summed E-state index contributed by atoms with van der Waals surface area (Å²) in [6.45, 7) is 4.08. The number of hydrogen-bond donors (Lipinski definition) is 1. The van der Waals surface area contributed by atoms with E-state index < -0.39 is 5.97 Å². The third-order valence-electron chi connectivity index (χ3n) is 2.52. The van der Waals surface area contributed by atoms with Crippen molar-refractivity contribution >= 4 is 5.97 Å². The van der Waals surface area contributed by atoms with E-state index in [1.165, 1.54) is 0 Å². The topological polar surface area (TPSA) is 68.0 Å². The van der Waals surface area contributed by atoms with E-state index in [0.29, 0.717) is 0 Å². The van der Waals surface area contributed by atoms with Crippen LogP contribution in [-0.2, 0) is 0 Å². The molecule has 0 aliphatic heterocycles. The SMILES string of the molecule is CC(C)n1cnnc1-c1ccc(C(=O)O)cc1. The second-order valence-electron chi connectivity index (χ2n) is 4.04. The molecule has 0 saturated heterocycles. The summed E-state index contributed by atoms with van der Waals surface area (Å²) >= 11 is 0. The van der Waals surface area contributed by atoms with Crippen molar-refractivity contribution in [1.82, 2.24) is 14.8 Å². The molecule has 0 saturated carbocycles. The van der Waals surface area contributed by atoms with E-state index in [9.17, 15) is 4.79 Å². The van der Waals surface area contributed by atoms with Crippen molar-refractivity contribution in [3.8, 4) is 11.4 Å². The molecule has 5 nitrogen and oxygen atoms in total. The number of nitrogens with zero attached hydrogens (tertiary/aromatic N) is 3. The fourth-order valence-corrected chi connectivity index (χ4v) is 1.59. The van der Waals surface area contributed by atoms with Crippen LogP contribution in [0.2, 0.25) is 0 Å². The minimum atomic E-state index is -0.929. The maximum atomic E-state index is 10.7. The van der Waals surface area contributed by atoms with Gasteiger partial charge in [-0.1, -0.05) is 12.1 Å². The first-order valence-electron chi connectivity index (χ1n) is 5.33. The quantitative estimate of drug-likeness (QED) is 0.879. The maximum Gasteiger partial charge on any atom is 0.335 e. The lowest BCUT2D eigenvalue weighted by Gasteiger charge is -2.09. The number of carboxylic acids is 1. The van der Waals surface area contributed by atoms with Crippen LogP contribution in [0.25, 0.3) is 11.4 Å². The third kappa shape index (κ3) is 2.18. The van der Waals surface area contributed by atoms with Gasteiger partial charge in [0.15, 0.2) is 5.82 Å². The normalized spacial score (nSPS) is 10.8. The summed E-state index contributed by atoms with van der Waals surface area (Å²) < 4.78 is 1.94. The summed E-state index contributed by atoms with van der Waals surface area (Å²) in [6.07, 6.45) is 1.67. The first-order chi connectivity index (χ1) is 8.09. The summed E-state index contributed by atoms with van der Waals surface area (Å²) in [7, 11) is 0. The van der Waals surface area contributed by atoms with Gasteiger partial charge in [-0.3, -0.25) is 0 Å². The van der Waals surface area contributed by atoms with Gasteiger partial charge in [0, 0.05) is 11.6 Å². The van der Waals surface area contributed by atoms with Crippen LogP contribution >= 0.6 is 0 Å². The van der Waals surface area contributed by atoms with Crippen molar-refractivity contribution in [3.05, 3.63) is 36.2 Å². The fourth-order valence-electron chi connectivity index (χ4n) is 1.59. The summed E-state index contributed by atoms with van der Waals surface area (Å²) in [4.78, 5) is 10.7. The molecule has 1 aromatic heterocycles. The Morgan fingerprint density at radius 1 is 1.29 bits per heavy atom. The van der Waals surface area contributed by atoms with Gasteiger partial charge < -0.3 is 9.67 Å². The van der Waals surface area contributed by atoms with Gasteiger partial charge in [-0.15, -0.1) is 10.2 Å². The highest BCUT2D eigenvalue weighted by atomic mass is 16.4.